The Hall–Kier alpha value is 3.22. The molecule has 0 bridgehead atoms. The van der Waals surface area contributed by atoms with Crippen molar-refractivity contribution in [3.63, 3.8) is 0 Å². The largest absolute Gasteiger partial charge is 0.341 e. The highest BCUT2D eigenvalue weighted by atomic mass is 35.8. The lowest BCUT2D eigenvalue weighted by atomic mass is 10.0. The van der Waals surface area contributed by atoms with Crippen molar-refractivity contribution in [1.82, 2.24) is 0 Å². The number of halogens is 6. The van der Waals surface area contributed by atoms with E-state index < -0.39 is 12.0 Å². The molecule has 2 atom stereocenters. The summed E-state index contributed by atoms with van der Waals surface area (Å²) in [5.41, 5.74) is 0. The Kier molecular flexibility index (Phi) is 19.9. The minimum absolute atomic E-state index is 0.576. The quantitative estimate of drug-likeness (QED) is 0.0676. The van der Waals surface area contributed by atoms with E-state index in [0.717, 1.165) is 24.9 Å². The second kappa shape index (κ2) is 17.7. The predicted molar refractivity (Wildman–Crippen MR) is 144 cm³/mol. The lowest BCUT2D eigenvalue weighted by Crippen LogP contribution is -2.15. The molecule has 0 amide bonds. The number of rotatable bonds is 18. The first-order chi connectivity index (χ1) is 12.6. The zero-order valence-corrected chi connectivity index (χ0v) is 25.1. The first-order valence-corrected chi connectivity index (χ1v) is 23.9. The molecule has 0 aromatic carbocycles. The maximum Gasteiger partial charge on any atom is 0.341 e. The Bertz CT molecular complexity index is 324. The van der Waals surface area contributed by atoms with Crippen LogP contribution in [0.15, 0.2) is 0 Å². The molecule has 0 aromatic rings. The van der Waals surface area contributed by atoms with Crippen molar-refractivity contribution in [3.8, 4) is 0 Å². The highest BCUT2D eigenvalue weighted by molar-refractivity contribution is 9.09. The van der Waals surface area contributed by atoms with Crippen LogP contribution < -0.4 is 0 Å². The van der Waals surface area contributed by atoms with Crippen LogP contribution in [0.3, 0.4) is 0 Å². The molecule has 0 fully saturated rings. The average Bonchev–Trinajstić information content (AvgIpc) is 2.55. The second-order valence-corrected chi connectivity index (χ2v) is 29.7. The first kappa shape index (κ1) is 30.2. The lowest BCUT2D eigenvalue weighted by Gasteiger charge is -2.18. The fourth-order valence-corrected chi connectivity index (χ4v) is 13.1. The molecule has 164 valence electrons. The van der Waals surface area contributed by atoms with E-state index in [1.165, 1.54) is 50.0 Å². The Morgan fingerprint density at radius 2 is 1.00 bits per heavy atom. The molecule has 27 heavy (non-hydrogen) atoms. The zero-order valence-electron chi connectivity index (χ0n) is 16.1. The molecule has 0 saturated carbocycles. The van der Waals surface area contributed by atoms with Gasteiger partial charge in [-0.25, -0.2) is 0 Å². The lowest BCUT2D eigenvalue weighted by molar-refractivity contribution is 0.491. The number of hydrogen-bond acceptors (Lipinski definition) is 3. The third-order valence-electron chi connectivity index (χ3n) is 4.47. The Balaban J connectivity index is 3.49. The van der Waals surface area contributed by atoms with Gasteiger partial charge in [-0.05, 0) is 46.6 Å². The van der Waals surface area contributed by atoms with Gasteiger partial charge in [0.2, 0.25) is 0 Å². The summed E-state index contributed by atoms with van der Waals surface area (Å²) in [4.78, 5) is 0. The molecule has 0 aliphatic heterocycles. The van der Waals surface area contributed by atoms with Crippen molar-refractivity contribution in [1.29, 1.82) is 0 Å². The van der Waals surface area contributed by atoms with Crippen LogP contribution in [0, 0.1) is 11.8 Å². The molecule has 0 heterocycles. The van der Waals surface area contributed by atoms with Crippen LogP contribution in [-0.4, -0.2) is 23.5 Å². The topological polar surface area (TPSA) is 0 Å². The van der Waals surface area contributed by atoms with Crippen molar-refractivity contribution in [2.75, 3.05) is 11.5 Å². The van der Waals surface area contributed by atoms with Gasteiger partial charge in [0.05, 0.1) is 0 Å². The summed E-state index contributed by atoms with van der Waals surface area (Å²) >= 11 is 36.2. The van der Waals surface area contributed by atoms with Gasteiger partial charge in [-0.3, -0.25) is 0 Å². The normalized spacial score (nSPS) is 15.1. The van der Waals surface area contributed by atoms with Gasteiger partial charge in [0.25, 0.3) is 0 Å². The third kappa shape index (κ3) is 22.2. The van der Waals surface area contributed by atoms with E-state index in [4.69, 9.17) is 66.5 Å². The van der Waals surface area contributed by atoms with Gasteiger partial charge >= 0.3 is 12.0 Å². The van der Waals surface area contributed by atoms with Crippen molar-refractivity contribution in [3.05, 3.63) is 0 Å². The first-order valence-electron chi connectivity index (χ1n) is 9.62. The summed E-state index contributed by atoms with van der Waals surface area (Å²) in [7, 11) is 5.85. The average molecular weight is 590 g/mol. The van der Waals surface area contributed by atoms with Gasteiger partial charge in [0, 0.05) is 11.5 Å². The molecule has 2 unspecified atom stereocenters. The summed E-state index contributed by atoms with van der Waals surface area (Å²) in [5.74, 6) is 3.55. The fourth-order valence-electron chi connectivity index (χ4n) is 2.85. The third-order valence-corrected chi connectivity index (χ3v) is 13.7. The molecule has 0 rings (SSSR count). The van der Waals surface area contributed by atoms with E-state index in [9.17, 15) is 0 Å². The molecule has 0 radical (unpaired) electrons. The molecule has 0 N–H and O–H groups in total. The molecule has 0 nitrogen and oxygen atoms in total. The standard InChI is InChI=1S/C16H32Cl6S3Si2/c1-3-15(13-26(17,18)19)9-5-7-11-23-25-24-12-8-6-10-16(4-2)14-27(20,21)22/h15-16H,3-14H2,1-2H3. The Morgan fingerprint density at radius 3 is 1.30 bits per heavy atom. The summed E-state index contributed by atoms with van der Waals surface area (Å²) < 4.78 is 0. The number of hydrogen-bond donors (Lipinski definition) is 0. The molecular formula is C16H32Cl6S3Si2. The van der Waals surface area contributed by atoms with Crippen LogP contribution in [0.25, 0.3) is 0 Å². The summed E-state index contributed by atoms with van der Waals surface area (Å²) in [6.07, 6.45) is 9.55. The van der Waals surface area contributed by atoms with Crippen molar-refractivity contribution in [2.45, 2.75) is 77.3 Å². The monoisotopic (exact) mass is 586 g/mol. The van der Waals surface area contributed by atoms with Gasteiger partial charge in [-0.2, -0.15) is 0 Å². The van der Waals surface area contributed by atoms with E-state index in [1.807, 2.05) is 31.4 Å². The van der Waals surface area contributed by atoms with E-state index in [2.05, 4.69) is 13.8 Å². The molecule has 0 aliphatic carbocycles. The summed E-state index contributed by atoms with van der Waals surface area (Å²) in [6.45, 7) is 4.39. The van der Waals surface area contributed by atoms with E-state index in [1.54, 1.807) is 0 Å². The Morgan fingerprint density at radius 1 is 0.630 bits per heavy atom. The van der Waals surface area contributed by atoms with E-state index >= 15 is 0 Å². The maximum absolute atomic E-state index is 6.04. The van der Waals surface area contributed by atoms with Gasteiger partial charge in [0.1, 0.15) is 0 Å². The minimum Gasteiger partial charge on any atom is -0.126 e. The molecule has 0 saturated heterocycles. The van der Waals surface area contributed by atoms with Crippen LogP contribution in [0.1, 0.15) is 65.2 Å². The van der Waals surface area contributed by atoms with Gasteiger partial charge in [0.15, 0.2) is 0 Å². The van der Waals surface area contributed by atoms with E-state index in [-0.39, 0.29) is 0 Å². The maximum atomic E-state index is 6.04. The molecule has 0 aliphatic rings. The minimum atomic E-state index is -2.47. The van der Waals surface area contributed by atoms with Crippen molar-refractivity contribution in [2.24, 2.45) is 11.8 Å². The van der Waals surface area contributed by atoms with Gasteiger partial charge in [-0.15, -0.1) is 66.5 Å². The molecule has 0 spiro atoms. The Labute approximate surface area is 208 Å². The molecule has 11 heteroatoms. The summed E-state index contributed by atoms with van der Waals surface area (Å²) in [6, 6.07) is -3.35. The number of unbranched alkanes of at least 4 members (excludes halogenated alkanes) is 2. The van der Waals surface area contributed by atoms with Crippen LogP contribution >= 0.6 is 97.9 Å². The van der Waals surface area contributed by atoms with Crippen LogP contribution in [0.2, 0.25) is 12.1 Å². The van der Waals surface area contributed by atoms with E-state index in [0.29, 0.717) is 11.8 Å². The smallest absolute Gasteiger partial charge is 0.126 e. The zero-order chi connectivity index (χ0) is 20.8. The fraction of sp³-hybridized carbons (Fsp3) is 1.00. The van der Waals surface area contributed by atoms with Crippen molar-refractivity contribution < 1.29 is 0 Å². The molecule has 0 aromatic heterocycles. The highest BCUT2D eigenvalue weighted by Crippen LogP contribution is 2.37. The predicted octanol–water partition coefficient (Wildman–Crippen LogP) is 10.7. The van der Waals surface area contributed by atoms with Crippen LogP contribution in [0.4, 0.5) is 0 Å². The van der Waals surface area contributed by atoms with Crippen LogP contribution in [0.5, 0.6) is 0 Å². The summed E-state index contributed by atoms with van der Waals surface area (Å²) in [5, 5.41) is 0. The van der Waals surface area contributed by atoms with Crippen LogP contribution in [-0.2, 0) is 0 Å². The van der Waals surface area contributed by atoms with Gasteiger partial charge in [-0.1, -0.05) is 74.0 Å². The molecular weight excluding hydrogens is 557 g/mol. The highest BCUT2D eigenvalue weighted by Gasteiger charge is 2.29. The van der Waals surface area contributed by atoms with Gasteiger partial charge < -0.3 is 0 Å². The second-order valence-electron chi connectivity index (χ2n) is 6.89. The SMILES string of the molecule is CCC(CCCCSSSCCCCC(CC)C[Si](Cl)(Cl)Cl)C[Si](Cl)(Cl)Cl. The van der Waals surface area contributed by atoms with Crippen molar-refractivity contribution >= 4 is 110 Å².